The lowest BCUT2D eigenvalue weighted by molar-refractivity contribution is -0.125. The summed E-state index contributed by atoms with van der Waals surface area (Å²) < 4.78 is 0. The predicted octanol–water partition coefficient (Wildman–Crippen LogP) is 2.50. The Labute approximate surface area is 121 Å². The number of hydrogen-bond acceptors (Lipinski definition) is 2. The van der Waals surface area contributed by atoms with Gasteiger partial charge in [0.25, 0.3) is 0 Å². The molecule has 1 fully saturated rings. The first-order chi connectivity index (χ1) is 9.69. The second-order valence-electron chi connectivity index (χ2n) is 6.05. The Balaban J connectivity index is 1.86. The number of carbonyl (C=O) groups excluding carboxylic acids is 1. The molecule has 1 aliphatic carbocycles. The van der Waals surface area contributed by atoms with Gasteiger partial charge in [0.1, 0.15) is 0 Å². The number of carbonyl (C=O) groups is 1. The van der Waals surface area contributed by atoms with Crippen molar-refractivity contribution >= 4 is 5.91 Å². The molecule has 1 amide bonds. The van der Waals surface area contributed by atoms with Crippen molar-refractivity contribution in [2.75, 3.05) is 13.1 Å². The molecule has 0 saturated heterocycles. The van der Waals surface area contributed by atoms with Crippen LogP contribution in [0.4, 0.5) is 0 Å². The minimum Gasteiger partial charge on any atom is -0.355 e. The van der Waals surface area contributed by atoms with E-state index in [1.165, 1.54) is 24.8 Å². The highest BCUT2D eigenvalue weighted by Gasteiger charge is 2.35. The largest absolute Gasteiger partial charge is 0.355 e. The summed E-state index contributed by atoms with van der Waals surface area (Å²) in [5, 5.41) is 3.13. The van der Waals surface area contributed by atoms with Crippen molar-refractivity contribution < 1.29 is 4.79 Å². The summed E-state index contributed by atoms with van der Waals surface area (Å²) in [6, 6.07) is 10.1. The molecule has 0 bridgehead atoms. The van der Waals surface area contributed by atoms with E-state index < -0.39 is 0 Å². The van der Waals surface area contributed by atoms with Gasteiger partial charge in [-0.1, -0.05) is 43.7 Å². The van der Waals surface area contributed by atoms with Gasteiger partial charge in [0.15, 0.2) is 0 Å². The van der Waals surface area contributed by atoms with Crippen molar-refractivity contribution in [3.05, 3.63) is 35.9 Å². The van der Waals surface area contributed by atoms with Gasteiger partial charge in [0, 0.05) is 13.1 Å². The van der Waals surface area contributed by atoms with E-state index in [0.29, 0.717) is 12.0 Å². The van der Waals surface area contributed by atoms with Crippen molar-refractivity contribution in [2.24, 2.45) is 17.1 Å². The number of nitrogens with two attached hydrogens (primary N) is 1. The quantitative estimate of drug-likeness (QED) is 0.802. The van der Waals surface area contributed by atoms with E-state index >= 15 is 0 Å². The van der Waals surface area contributed by atoms with Crippen LogP contribution in [-0.4, -0.2) is 19.0 Å². The molecular weight excluding hydrogens is 248 g/mol. The third-order valence-electron chi connectivity index (χ3n) is 4.78. The van der Waals surface area contributed by atoms with Crippen LogP contribution in [0.1, 0.15) is 38.2 Å². The SMILES string of the molecule is CCC1(CNC(=O)C(CN)Cc2ccccc2)CCC1. The van der Waals surface area contributed by atoms with Crippen LogP contribution in [-0.2, 0) is 11.2 Å². The van der Waals surface area contributed by atoms with Gasteiger partial charge in [-0.25, -0.2) is 0 Å². The fourth-order valence-corrected chi connectivity index (χ4v) is 2.93. The monoisotopic (exact) mass is 274 g/mol. The Kier molecular flexibility index (Phi) is 5.18. The van der Waals surface area contributed by atoms with Gasteiger partial charge in [0.2, 0.25) is 5.91 Å². The van der Waals surface area contributed by atoms with Crippen LogP contribution in [0.3, 0.4) is 0 Å². The normalized spacial score (nSPS) is 18.1. The number of rotatable bonds is 7. The molecule has 110 valence electrons. The van der Waals surface area contributed by atoms with Crippen LogP contribution in [0, 0.1) is 11.3 Å². The second-order valence-corrected chi connectivity index (χ2v) is 6.05. The summed E-state index contributed by atoms with van der Waals surface area (Å²) >= 11 is 0. The van der Waals surface area contributed by atoms with E-state index in [2.05, 4.69) is 24.4 Å². The average Bonchev–Trinajstić information content (AvgIpc) is 2.45. The summed E-state index contributed by atoms with van der Waals surface area (Å²) in [5.74, 6) is -0.0116. The molecule has 1 saturated carbocycles. The molecule has 3 N–H and O–H groups in total. The highest BCUT2D eigenvalue weighted by Crippen LogP contribution is 2.43. The van der Waals surface area contributed by atoms with Gasteiger partial charge in [-0.3, -0.25) is 4.79 Å². The van der Waals surface area contributed by atoms with Crippen molar-refractivity contribution in [2.45, 2.75) is 39.0 Å². The van der Waals surface area contributed by atoms with E-state index in [1.807, 2.05) is 18.2 Å². The molecule has 1 aromatic rings. The third-order valence-corrected chi connectivity index (χ3v) is 4.78. The van der Waals surface area contributed by atoms with Crippen molar-refractivity contribution in [3.63, 3.8) is 0 Å². The lowest BCUT2D eigenvalue weighted by Crippen LogP contribution is -2.45. The highest BCUT2D eigenvalue weighted by molar-refractivity contribution is 5.79. The molecule has 0 aromatic heterocycles. The van der Waals surface area contributed by atoms with Gasteiger partial charge >= 0.3 is 0 Å². The Bertz CT molecular complexity index is 420. The first-order valence-corrected chi connectivity index (χ1v) is 7.71. The summed E-state index contributed by atoms with van der Waals surface area (Å²) in [5.41, 5.74) is 7.31. The molecule has 1 atom stereocenters. The van der Waals surface area contributed by atoms with Crippen LogP contribution in [0.25, 0.3) is 0 Å². The Morgan fingerprint density at radius 3 is 2.55 bits per heavy atom. The molecule has 0 spiro atoms. The van der Waals surface area contributed by atoms with Gasteiger partial charge in [-0.2, -0.15) is 0 Å². The molecule has 3 heteroatoms. The number of hydrogen-bond donors (Lipinski definition) is 2. The standard InChI is InChI=1S/C17H26N2O/c1-2-17(9-6-10-17)13-19-16(20)15(12-18)11-14-7-4-3-5-8-14/h3-5,7-8,15H,2,6,9-13,18H2,1H3,(H,19,20). The van der Waals surface area contributed by atoms with Crippen LogP contribution >= 0.6 is 0 Å². The maximum atomic E-state index is 12.3. The Morgan fingerprint density at radius 1 is 1.35 bits per heavy atom. The van der Waals surface area contributed by atoms with Gasteiger partial charge in [-0.15, -0.1) is 0 Å². The van der Waals surface area contributed by atoms with E-state index in [0.717, 1.165) is 19.4 Å². The molecule has 1 aliphatic rings. The molecule has 1 unspecified atom stereocenters. The zero-order valence-corrected chi connectivity index (χ0v) is 12.4. The van der Waals surface area contributed by atoms with Crippen molar-refractivity contribution in [1.82, 2.24) is 5.32 Å². The van der Waals surface area contributed by atoms with Crippen molar-refractivity contribution in [1.29, 1.82) is 0 Å². The molecule has 3 nitrogen and oxygen atoms in total. The molecule has 0 aliphatic heterocycles. The van der Waals surface area contributed by atoms with Gasteiger partial charge in [0.05, 0.1) is 5.92 Å². The zero-order chi connectivity index (χ0) is 14.4. The summed E-state index contributed by atoms with van der Waals surface area (Å²) in [6.07, 6.45) is 5.67. The van der Waals surface area contributed by atoms with Crippen LogP contribution < -0.4 is 11.1 Å². The van der Waals surface area contributed by atoms with Crippen LogP contribution in [0.5, 0.6) is 0 Å². The molecule has 2 rings (SSSR count). The molecule has 1 aromatic carbocycles. The zero-order valence-electron chi connectivity index (χ0n) is 12.4. The minimum absolute atomic E-state index is 0.107. The van der Waals surface area contributed by atoms with E-state index in [1.54, 1.807) is 0 Å². The predicted molar refractivity (Wildman–Crippen MR) is 82.3 cm³/mol. The van der Waals surface area contributed by atoms with Crippen molar-refractivity contribution in [3.8, 4) is 0 Å². The smallest absolute Gasteiger partial charge is 0.224 e. The lowest BCUT2D eigenvalue weighted by atomic mass is 9.67. The first kappa shape index (κ1) is 15.0. The Morgan fingerprint density at radius 2 is 2.05 bits per heavy atom. The van der Waals surface area contributed by atoms with Crippen LogP contribution in [0.2, 0.25) is 0 Å². The van der Waals surface area contributed by atoms with Gasteiger partial charge in [-0.05, 0) is 36.7 Å². The van der Waals surface area contributed by atoms with E-state index in [-0.39, 0.29) is 11.8 Å². The molecule has 0 radical (unpaired) electrons. The van der Waals surface area contributed by atoms with Crippen LogP contribution in [0.15, 0.2) is 30.3 Å². The molecular formula is C17H26N2O. The summed E-state index contributed by atoms with van der Waals surface area (Å²) in [7, 11) is 0. The third kappa shape index (κ3) is 3.60. The van der Waals surface area contributed by atoms with E-state index in [4.69, 9.17) is 5.73 Å². The average molecular weight is 274 g/mol. The number of nitrogens with one attached hydrogen (secondary N) is 1. The number of benzene rings is 1. The minimum atomic E-state index is -0.119. The fraction of sp³-hybridized carbons (Fsp3) is 0.588. The van der Waals surface area contributed by atoms with Gasteiger partial charge < -0.3 is 11.1 Å². The molecule has 20 heavy (non-hydrogen) atoms. The summed E-state index contributed by atoms with van der Waals surface area (Å²) in [4.78, 5) is 12.3. The lowest BCUT2D eigenvalue weighted by Gasteiger charge is -2.41. The maximum absolute atomic E-state index is 12.3. The topological polar surface area (TPSA) is 55.1 Å². The second kappa shape index (κ2) is 6.89. The maximum Gasteiger partial charge on any atom is 0.224 e. The highest BCUT2D eigenvalue weighted by atomic mass is 16.1. The number of amides is 1. The fourth-order valence-electron chi connectivity index (χ4n) is 2.93. The van der Waals surface area contributed by atoms with E-state index in [9.17, 15) is 4.79 Å². The first-order valence-electron chi connectivity index (χ1n) is 7.71. The Hall–Kier alpha value is -1.35. The molecule has 0 heterocycles. The summed E-state index contributed by atoms with van der Waals surface area (Å²) in [6.45, 7) is 3.43.